The summed E-state index contributed by atoms with van der Waals surface area (Å²) in [5.41, 5.74) is 2.27. The van der Waals surface area contributed by atoms with Crippen molar-refractivity contribution in [1.29, 1.82) is 0 Å². The van der Waals surface area contributed by atoms with Gasteiger partial charge in [-0.05, 0) is 34.4 Å². The number of hydrogen-bond acceptors (Lipinski definition) is 2. The Bertz CT molecular complexity index is 574. The predicted molar refractivity (Wildman–Crippen MR) is 78.4 cm³/mol. The highest BCUT2D eigenvalue weighted by molar-refractivity contribution is 9.09. The lowest BCUT2D eigenvalue weighted by atomic mass is 10.1. The summed E-state index contributed by atoms with van der Waals surface area (Å²) in [4.78, 5) is 4.53. The molecule has 2 aromatic rings. The summed E-state index contributed by atoms with van der Waals surface area (Å²) in [6.45, 7) is 0. The van der Waals surface area contributed by atoms with Gasteiger partial charge in [0.1, 0.15) is 12.2 Å². The molecule has 18 heavy (non-hydrogen) atoms. The fourth-order valence-electron chi connectivity index (χ4n) is 1.96. The minimum Gasteiger partial charge on any atom is -0.220 e. The highest BCUT2D eigenvalue weighted by Crippen LogP contribution is 2.27. The van der Waals surface area contributed by atoms with Crippen LogP contribution < -0.4 is 4.57 Å². The first kappa shape index (κ1) is 12.5. The smallest absolute Gasteiger partial charge is 0.220 e. The van der Waals surface area contributed by atoms with Crippen LogP contribution in [0.1, 0.15) is 6.04 Å². The first-order chi connectivity index (χ1) is 8.78. The summed E-state index contributed by atoms with van der Waals surface area (Å²) in [6, 6.07) is 8.36. The van der Waals surface area contributed by atoms with E-state index in [2.05, 4.69) is 31.7 Å². The average Bonchev–Trinajstić information content (AvgIpc) is 2.81. The van der Waals surface area contributed by atoms with Gasteiger partial charge in [-0.3, -0.25) is 0 Å². The molecular formula is C13H11BrClN2S+. The molecule has 0 N–H and O–H groups in total. The summed E-state index contributed by atoms with van der Waals surface area (Å²) in [5.74, 6) is 1.09. The molecule has 1 aliphatic heterocycles. The lowest BCUT2D eigenvalue weighted by molar-refractivity contribution is -0.746. The fraction of sp³-hybridized carbons (Fsp3) is 0.231. The van der Waals surface area contributed by atoms with Crippen LogP contribution in [0, 0.1) is 0 Å². The van der Waals surface area contributed by atoms with Crippen molar-refractivity contribution >= 4 is 39.3 Å². The summed E-state index contributed by atoms with van der Waals surface area (Å²) in [5, 5.41) is 2.82. The molecule has 0 saturated carbocycles. The first-order valence-corrected chi connectivity index (χ1v) is 8.12. The topological polar surface area (TPSA) is 16.8 Å². The Morgan fingerprint density at radius 3 is 2.83 bits per heavy atom. The number of aromatic nitrogens is 2. The number of benzene rings is 1. The van der Waals surface area contributed by atoms with Crippen molar-refractivity contribution in [1.82, 2.24) is 4.98 Å². The van der Waals surface area contributed by atoms with E-state index >= 15 is 0 Å². The normalized spacial score (nSPS) is 17.8. The lowest BCUT2D eigenvalue weighted by Gasteiger charge is -2.05. The van der Waals surface area contributed by atoms with E-state index in [-0.39, 0.29) is 0 Å². The standard InChI is InChI=1S/C13H11BrClN2S/c14-5-12-8-18-13-16-6-10(7-17(12)13)9-1-3-11(15)4-2-9/h1-4,6-7,12H,5,8H2/q+1. The molecule has 0 saturated heterocycles. The monoisotopic (exact) mass is 341 g/mol. The Kier molecular flexibility index (Phi) is 3.59. The summed E-state index contributed by atoms with van der Waals surface area (Å²) < 4.78 is 2.25. The molecule has 1 aromatic carbocycles. The van der Waals surface area contributed by atoms with Gasteiger partial charge in [-0.15, -0.1) is 0 Å². The van der Waals surface area contributed by atoms with Gasteiger partial charge in [-0.2, -0.15) is 0 Å². The Hall–Kier alpha value is -0.580. The second kappa shape index (κ2) is 5.19. The number of fused-ring (bicyclic) bond motifs is 1. The molecule has 0 bridgehead atoms. The van der Waals surface area contributed by atoms with Gasteiger partial charge in [0.2, 0.25) is 0 Å². The predicted octanol–water partition coefficient (Wildman–Crippen LogP) is 3.73. The molecule has 2 nitrogen and oxygen atoms in total. The molecule has 0 fully saturated rings. The van der Waals surface area contributed by atoms with Crippen LogP contribution in [-0.4, -0.2) is 16.1 Å². The second-order valence-corrected chi connectivity index (χ2v) is 6.23. The van der Waals surface area contributed by atoms with E-state index in [1.165, 1.54) is 0 Å². The van der Waals surface area contributed by atoms with E-state index in [1.807, 2.05) is 42.2 Å². The van der Waals surface area contributed by atoms with Crippen molar-refractivity contribution in [2.45, 2.75) is 11.2 Å². The molecule has 0 aliphatic carbocycles. The number of nitrogens with zero attached hydrogens (tertiary/aromatic N) is 2. The molecule has 92 valence electrons. The molecule has 0 spiro atoms. The molecule has 2 heterocycles. The number of alkyl halides is 1. The van der Waals surface area contributed by atoms with Gasteiger partial charge in [-0.1, -0.05) is 39.7 Å². The molecule has 1 aliphatic rings. The van der Waals surface area contributed by atoms with E-state index < -0.39 is 0 Å². The lowest BCUT2D eigenvalue weighted by Crippen LogP contribution is -2.39. The maximum atomic E-state index is 5.91. The van der Waals surface area contributed by atoms with Gasteiger partial charge in [-0.25, -0.2) is 4.57 Å². The maximum absolute atomic E-state index is 5.91. The SMILES string of the molecule is Clc1ccc(-c2cnc3[n+](c2)C(CBr)CS3)cc1. The van der Waals surface area contributed by atoms with Crippen LogP contribution in [0.4, 0.5) is 0 Å². The first-order valence-electron chi connectivity index (χ1n) is 5.64. The fourth-order valence-corrected chi connectivity index (χ4v) is 4.03. The van der Waals surface area contributed by atoms with Crippen LogP contribution >= 0.6 is 39.3 Å². The molecule has 5 heteroatoms. The number of hydrogen-bond donors (Lipinski definition) is 0. The van der Waals surface area contributed by atoms with Crippen molar-refractivity contribution in [2.75, 3.05) is 11.1 Å². The number of halogens is 2. The zero-order chi connectivity index (χ0) is 12.5. The van der Waals surface area contributed by atoms with Crippen LogP contribution in [-0.2, 0) is 0 Å². The third kappa shape index (κ3) is 2.29. The highest BCUT2D eigenvalue weighted by Gasteiger charge is 2.30. The van der Waals surface area contributed by atoms with E-state index in [9.17, 15) is 0 Å². The summed E-state index contributed by atoms with van der Waals surface area (Å²) in [6.07, 6.45) is 4.11. The van der Waals surface area contributed by atoms with Gasteiger partial charge in [0.15, 0.2) is 6.20 Å². The number of thioether (sulfide) groups is 1. The van der Waals surface area contributed by atoms with Crippen molar-refractivity contribution in [3.05, 3.63) is 41.7 Å². The largest absolute Gasteiger partial charge is 0.359 e. The van der Waals surface area contributed by atoms with E-state index in [4.69, 9.17) is 11.6 Å². The molecule has 1 unspecified atom stereocenters. The van der Waals surface area contributed by atoms with E-state index in [1.54, 1.807) is 0 Å². The van der Waals surface area contributed by atoms with Gasteiger partial charge in [0.25, 0.3) is 0 Å². The van der Waals surface area contributed by atoms with Gasteiger partial charge < -0.3 is 0 Å². The highest BCUT2D eigenvalue weighted by atomic mass is 79.9. The van der Waals surface area contributed by atoms with Gasteiger partial charge in [0, 0.05) is 16.1 Å². The minimum absolute atomic E-state index is 0.491. The molecule has 3 rings (SSSR count). The second-order valence-electron chi connectivity index (χ2n) is 4.16. The Morgan fingerprint density at radius 2 is 2.11 bits per heavy atom. The third-order valence-corrected chi connectivity index (χ3v) is 5.09. The average molecular weight is 343 g/mol. The summed E-state index contributed by atoms with van der Waals surface area (Å²) >= 11 is 11.3. The van der Waals surface area contributed by atoms with Crippen molar-refractivity contribution in [3.8, 4) is 11.1 Å². The van der Waals surface area contributed by atoms with E-state index in [0.29, 0.717) is 6.04 Å². The van der Waals surface area contributed by atoms with Gasteiger partial charge >= 0.3 is 5.16 Å². The van der Waals surface area contributed by atoms with E-state index in [0.717, 1.165) is 32.4 Å². The van der Waals surface area contributed by atoms with Crippen LogP contribution in [0.5, 0.6) is 0 Å². The molecule has 0 amide bonds. The zero-order valence-electron chi connectivity index (χ0n) is 9.51. The third-order valence-electron chi connectivity index (χ3n) is 2.97. The molecule has 1 atom stereocenters. The molecular weight excluding hydrogens is 332 g/mol. The van der Waals surface area contributed by atoms with Crippen molar-refractivity contribution in [2.24, 2.45) is 0 Å². The van der Waals surface area contributed by atoms with Crippen LogP contribution in [0.15, 0.2) is 41.8 Å². The van der Waals surface area contributed by atoms with Gasteiger partial charge in [0.05, 0.1) is 5.56 Å². The Labute approximate surface area is 124 Å². The van der Waals surface area contributed by atoms with Crippen LogP contribution in [0.3, 0.4) is 0 Å². The van der Waals surface area contributed by atoms with Crippen molar-refractivity contribution < 1.29 is 4.57 Å². The minimum atomic E-state index is 0.491. The molecule has 0 radical (unpaired) electrons. The van der Waals surface area contributed by atoms with Crippen LogP contribution in [0.25, 0.3) is 11.1 Å². The number of rotatable bonds is 2. The van der Waals surface area contributed by atoms with Crippen molar-refractivity contribution in [3.63, 3.8) is 0 Å². The quantitative estimate of drug-likeness (QED) is 0.470. The zero-order valence-corrected chi connectivity index (χ0v) is 12.7. The maximum Gasteiger partial charge on any atom is 0.359 e. The Balaban J connectivity index is 2.02. The Morgan fingerprint density at radius 1 is 1.33 bits per heavy atom. The molecule has 1 aromatic heterocycles. The summed E-state index contributed by atoms with van der Waals surface area (Å²) in [7, 11) is 0. The van der Waals surface area contributed by atoms with Crippen LogP contribution in [0.2, 0.25) is 5.02 Å².